The van der Waals surface area contributed by atoms with Crippen LogP contribution < -0.4 is 0 Å². The molecule has 0 fully saturated rings. The molecule has 1 aromatic carbocycles. The van der Waals surface area contributed by atoms with E-state index in [1.54, 1.807) is 36.8 Å². The van der Waals surface area contributed by atoms with Crippen molar-refractivity contribution in [3.8, 4) is 0 Å². The number of H-pyrrole nitrogens is 1. The lowest BCUT2D eigenvalue weighted by Crippen LogP contribution is -1.99. The highest BCUT2D eigenvalue weighted by Crippen LogP contribution is 2.29. The average Bonchev–Trinajstić information content (AvgIpc) is 2.90. The summed E-state index contributed by atoms with van der Waals surface area (Å²) in [5.74, 6) is 0. The molecule has 0 radical (unpaired) electrons. The zero-order valence-electron chi connectivity index (χ0n) is 10.4. The Labute approximate surface area is 113 Å². The van der Waals surface area contributed by atoms with Gasteiger partial charge in [-0.05, 0) is 11.6 Å². The molecule has 6 heteroatoms. The van der Waals surface area contributed by atoms with Gasteiger partial charge in [-0.25, -0.2) is 0 Å². The number of nitro groups is 1. The quantitative estimate of drug-likeness (QED) is 0.564. The maximum atomic E-state index is 10.8. The molecule has 2 heterocycles. The summed E-state index contributed by atoms with van der Waals surface area (Å²) in [6, 6.07) is 7.80. The number of nitrogens with zero attached hydrogens (tertiary/aromatic N) is 2. The predicted molar refractivity (Wildman–Crippen MR) is 73.3 cm³/mol. The van der Waals surface area contributed by atoms with Crippen molar-refractivity contribution < 1.29 is 10.0 Å². The molecule has 6 nitrogen and oxygen atoms in total. The lowest BCUT2D eigenvalue weighted by atomic mass is 10.0. The highest BCUT2D eigenvalue weighted by molar-refractivity contribution is 5.83. The lowest BCUT2D eigenvalue weighted by Gasteiger charge is -2.09. The van der Waals surface area contributed by atoms with Crippen LogP contribution in [-0.4, -0.2) is 20.0 Å². The van der Waals surface area contributed by atoms with E-state index in [0.29, 0.717) is 11.1 Å². The first kappa shape index (κ1) is 12.3. The van der Waals surface area contributed by atoms with Crippen LogP contribution in [-0.2, 0) is 0 Å². The van der Waals surface area contributed by atoms with Crippen LogP contribution >= 0.6 is 0 Å². The number of fused-ring (bicyclic) bond motifs is 1. The van der Waals surface area contributed by atoms with Gasteiger partial charge in [0.15, 0.2) is 0 Å². The second kappa shape index (κ2) is 4.75. The van der Waals surface area contributed by atoms with Gasteiger partial charge >= 0.3 is 0 Å². The minimum absolute atomic E-state index is 0.0388. The number of aliphatic hydroxyl groups excluding tert-OH is 1. The number of hydrogen-bond donors (Lipinski definition) is 2. The predicted octanol–water partition coefficient (Wildman–Crippen LogP) is 2.55. The molecular weight excluding hydrogens is 258 g/mol. The van der Waals surface area contributed by atoms with E-state index in [1.807, 2.05) is 0 Å². The summed E-state index contributed by atoms with van der Waals surface area (Å²) < 4.78 is 0. The minimum atomic E-state index is -0.925. The summed E-state index contributed by atoms with van der Waals surface area (Å²) in [6.07, 6.45) is 4.07. The van der Waals surface area contributed by atoms with E-state index in [-0.39, 0.29) is 5.69 Å². The molecule has 0 amide bonds. The van der Waals surface area contributed by atoms with Crippen LogP contribution in [0.4, 0.5) is 5.69 Å². The first-order valence-electron chi connectivity index (χ1n) is 6.00. The number of rotatable bonds is 3. The zero-order chi connectivity index (χ0) is 14.1. The van der Waals surface area contributed by atoms with E-state index in [2.05, 4.69) is 9.97 Å². The summed E-state index contributed by atoms with van der Waals surface area (Å²) in [6.45, 7) is 0. The fraction of sp³-hybridized carbons (Fsp3) is 0.0714. The number of nitro benzene ring substituents is 1. The van der Waals surface area contributed by atoms with E-state index in [4.69, 9.17) is 0 Å². The van der Waals surface area contributed by atoms with Gasteiger partial charge in [0, 0.05) is 35.5 Å². The number of nitrogens with one attached hydrogen (secondary N) is 1. The molecule has 0 saturated carbocycles. The second-order valence-electron chi connectivity index (χ2n) is 4.42. The Hall–Kier alpha value is -2.73. The van der Waals surface area contributed by atoms with Crippen LogP contribution in [0.2, 0.25) is 0 Å². The van der Waals surface area contributed by atoms with Gasteiger partial charge in [0.2, 0.25) is 0 Å². The number of benzene rings is 1. The molecule has 100 valence electrons. The van der Waals surface area contributed by atoms with Gasteiger partial charge < -0.3 is 10.1 Å². The topological polar surface area (TPSA) is 92.0 Å². The molecule has 0 aliphatic heterocycles. The zero-order valence-corrected chi connectivity index (χ0v) is 10.4. The SMILES string of the molecule is O=[N+]([O-])c1cccc(C(O)c2c[nH]c3cnccc23)c1. The van der Waals surface area contributed by atoms with Crippen molar-refractivity contribution in [3.05, 3.63) is 70.2 Å². The molecular formula is C14H11N3O3. The molecule has 20 heavy (non-hydrogen) atoms. The number of aliphatic hydroxyl groups is 1. The smallest absolute Gasteiger partial charge is 0.269 e. The van der Waals surface area contributed by atoms with Gasteiger partial charge in [-0.1, -0.05) is 12.1 Å². The normalized spacial score (nSPS) is 12.4. The summed E-state index contributed by atoms with van der Waals surface area (Å²) in [5.41, 5.74) is 1.93. The van der Waals surface area contributed by atoms with E-state index < -0.39 is 11.0 Å². The van der Waals surface area contributed by atoms with Crippen molar-refractivity contribution in [2.24, 2.45) is 0 Å². The van der Waals surface area contributed by atoms with Crippen LogP contribution in [0, 0.1) is 10.1 Å². The van der Waals surface area contributed by atoms with Crippen LogP contribution in [0.3, 0.4) is 0 Å². The lowest BCUT2D eigenvalue weighted by molar-refractivity contribution is -0.385. The Kier molecular flexibility index (Phi) is 2.92. The van der Waals surface area contributed by atoms with Crippen molar-refractivity contribution in [1.82, 2.24) is 9.97 Å². The molecule has 3 rings (SSSR count). The van der Waals surface area contributed by atoms with Crippen LogP contribution in [0.25, 0.3) is 10.9 Å². The average molecular weight is 269 g/mol. The largest absolute Gasteiger partial charge is 0.384 e. The first-order chi connectivity index (χ1) is 9.66. The second-order valence-corrected chi connectivity index (χ2v) is 4.42. The molecule has 2 aromatic heterocycles. The molecule has 0 bridgehead atoms. The molecule has 1 atom stereocenters. The van der Waals surface area contributed by atoms with Gasteiger partial charge in [0.25, 0.3) is 5.69 Å². The number of hydrogen-bond acceptors (Lipinski definition) is 4. The van der Waals surface area contributed by atoms with E-state index in [1.165, 1.54) is 12.1 Å². The first-order valence-corrected chi connectivity index (χ1v) is 6.00. The molecule has 0 spiro atoms. The summed E-state index contributed by atoms with van der Waals surface area (Å²) in [5, 5.41) is 22.1. The number of aromatic amines is 1. The fourth-order valence-electron chi connectivity index (χ4n) is 2.21. The van der Waals surface area contributed by atoms with Crippen molar-refractivity contribution in [2.45, 2.75) is 6.10 Å². The monoisotopic (exact) mass is 269 g/mol. The molecule has 0 aliphatic carbocycles. The number of pyridine rings is 1. The van der Waals surface area contributed by atoms with Crippen molar-refractivity contribution in [2.75, 3.05) is 0 Å². The summed E-state index contributed by atoms with van der Waals surface area (Å²) in [7, 11) is 0. The Morgan fingerprint density at radius 2 is 2.20 bits per heavy atom. The molecule has 0 saturated heterocycles. The number of non-ortho nitro benzene ring substituents is 1. The van der Waals surface area contributed by atoms with Gasteiger partial charge in [0.05, 0.1) is 16.6 Å². The van der Waals surface area contributed by atoms with Gasteiger partial charge in [-0.15, -0.1) is 0 Å². The molecule has 0 aliphatic rings. The summed E-state index contributed by atoms with van der Waals surface area (Å²) >= 11 is 0. The fourth-order valence-corrected chi connectivity index (χ4v) is 2.21. The van der Waals surface area contributed by atoms with Crippen molar-refractivity contribution >= 4 is 16.6 Å². The maximum absolute atomic E-state index is 10.8. The third kappa shape index (κ3) is 2.02. The Morgan fingerprint density at radius 3 is 3.00 bits per heavy atom. The van der Waals surface area contributed by atoms with Crippen LogP contribution in [0.1, 0.15) is 17.2 Å². The Bertz CT molecular complexity index is 782. The highest BCUT2D eigenvalue weighted by Gasteiger charge is 2.17. The van der Waals surface area contributed by atoms with Crippen molar-refractivity contribution in [3.63, 3.8) is 0 Å². The standard InChI is InChI=1S/C14H11N3O3/c18-14(9-2-1-3-10(6-9)17(19)20)12-7-16-13-8-15-5-4-11(12)13/h1-8,14,16,18H. The van der Waals surface area contributed by atoms with Gasteiger partial charge in [0.1, 0.15) is 6.10 Å². The minimum Gasteiger partial charge on any atom is -0.384 e. The molecule has 1 unspecified atom stereocenters. The number of aromatic nitrogens is 2. The Balaban J connectivity index is 2.06. The maximum Gasteiger partial charge on any atom is 0.269 e. The van der Waals surface area contributed by atoms with E-state index >= 15 is 0 Å². The molecule has 3 aromatic rings. The highest BCUT2D eigenvalue weighted by atomic mass is 16.6. The Morgan fingerprint density at radius 1 is 1.35 bits per heavy atom. The van der Waals surface area contributed by atoms with E-state index in [0.717, 1.165) is 10.9 Å². The van der Waals surface area contributed by atoms with Gasteiger partial charge in [-0.2, -0.15) is 0 Å². The third-order valence-electron chi connectivity index (χ3n) is 3.21. The van der Waals surface area contributed by atoms with Crippen molar-refractivity contribution in [1.29, 1.82) is 0 Å². The van der Waals surface area contributed by atoms with Crippen LogP contribution in [0.5, 0.6) is 0 Å². The van der Waals surface area contributed by atoms with E-state index in [9.17, 15) is 15.2 Å². The molecule has 2 N–H and O–H groups in total. The van der Waals surface area contributed by atoms with Crippen LogP contribution in [0.15, 0.2) is 48.9 Å². The van der Waals surface area contributed by atoms with Gasteiger partial charge in [-0.3, -0.25) is 15.1 Å². The summed E-state index contributed by atoms with van der Waals surface area (Å²) in [4.78, 5) is 17.3. The third-order valence-corrected chi connectivity index (χ3v) is 3.21.